The van der Waals surface area contributed by atoms with Crippen LogP contribution in [0.2, 0.25) is 0 Å². The number of aliphatic hydroxyl groups is 3. The molecule has 3 radical (unpaired) electrons. The van der Waals surface area contributed by atoms with Crippen LogP contribution in [-0.4, -0.2) is 125 Å². The Balaban J connectivity index is -0.000000106. The molecule has 0 aromatic rings. The van der Waals surface area contributed by atoms with Crippen LogP contribution in [0.3, 0.4) is 0 Å². The first-order valence-electron chi connectivity index (χ1n) is 45.2. The van der Waals surface area contributed by atoms with Gasteiger partial charge in [-0.15, -0.1) is 19.0 Å². The van der Waals surface area contributed by atoms with Gasteiger partial charge in [-0.25, -0.2) is 0 Å². The van der Waals surface area contributed by atoms with E-state index in [1.807, 2.05) is 26.8 Å². The third-order valence-corrected chi connectivity index (χ3v) is 25.0. The van der Waals surface area contributed by atoms with Crippen molar-refractivity contribution in [2.45, 2.75) is 417 Å². The zero-order valence-corrected chi connectivity index (χ0v) is 108. The van der Waals surface area contributed by atoms with Crippen LogP contribution in [0.25, 0.3) is 0 Å². The second-order valence-corrected chi connectivity index (χ2v) is 64.0. The predicted molar refractivity (Wildman–Crippen MR) is 617 cm³/mol. The topological polar surface area (TPSA) is 240 Å². The Morgan fingerprint density at radius 3 is 0.918 bits per heavy atom. The Morgan fingerprint density at radius 2 is 0.716 bits per heavy atom. The van der Waals surface area contributed by atoms with Crippen LogP contribution in [-0.2, 0) is 46.2 Å². The molecule has 0 aromatic heterocycles. The van der Waals surface area contributed by atoms with Crippen LogP contribution < -0.4 is 35.7 Å². The van der Waals surface area contributed by atoms with E-state index in [9.17, 15) is 24.9 Å². The second kappa shape index (κ2) is 74.9. The molecule has 29 heteroatoms. The summed E-state index contributed by atoms with van der Waals surface area (Å²) < 4.78 is 46.3. The summed E-state index contributed by atoms with van der Waals surface area (Å²) in [5, 5.41) is 29.4. The van der Waals surface area contributed by atoms with Gasteiger partial charge in [0.15, 0.2) is 0 Å². The normalized spacial score (nSPS) is 20.2. The summed E-state index contributed by atoms with van der Waals surface area (Å²) in [5.41, 5.74) is 18.5. The molecule has 2 fully saturated rings. The number of hydrogen-bond donors (Lipinski definition) is 4. The first kappa shape index (κ1) is 165. The van der Waals surface area contributed by atoms with Gasteiger partial charge in [-0.05, 0) is 133 Å². The molecular weight excluding hydrogens is 2130 g/mol. The van der Waals surface area contributed by atoms with E-state index in [1.165, 1.54) is 5.57 Å². The molecule has 7 N–H and O–H groups in total. The van der Waals surface area contributed by atoms with Gasteiger partial charge in [-0.3, -0.25) is 4.79 Å². The Bertz CT molecular complexity index is 3270. The number of ether oxygens (including phenoxy) is 2. The summed E-state index contributed by atoms with van der Waals surface area (Å²) in [7, 11) is 14.2. The van der Waals surface area contributed by atoms with Gasteiger partial charge in [0.2, 0.25) is 0 Å². The summed E-state index contributed by atoms with van der Waals surface area (Å²) >= 11 is 0.191. The smallest absolute Gasteiger partial charge is 1.00 e. The molecule has 2 aliphatic rings. The van der Waals surface area contributed by atoms with Crippen LogP contribution in [0, 0.1) is 131 Å². The van der Waals surface area contributed by atoms with Gasteiger partial charge >= 0.3 is 77.1 Å². The Labute approximate surface area is 910 Å². The van der Waals surface area contributed by atoms with Gasteiger partial charge < -0.3 is 69.8 Å². The fourth-order valence-electron chi connectivity index (χ4n) is 13.6. The van der Waals surface area contributed by atoms with E-state index in [-0.39, 0.29) is 230 Å². The number of aldehydes is 2. The number of halogens is 5. The molecule has 0 aromatic carbocycles. The standard InChI is InChI=1S/C17H32IO2P.C17H33O3P.C17H33O2P.2C17H31O2P.C17H33O2P.3CH4.B.Ce.4ClH.H3N.Na.H2O.H/c2*1-12(13(20-21)8-9-15(2,3)4)10-17(16(5,6)7)14(11-18)19-17;3*1-13(12-14(9-11-18)17(5,6)7)15(19-20)8-10-16(2,3)4;1-9-17(18,16(6,7)8)12-13(2)14(19-20)10-11-15(3,4)5;;;;;;;;;;;;;/h8-9,12-14H,10-11,21H2,1-7H3;8-9,12-14,18H,10-11,21H2,1-7H3;8-10,13,15,18H,11-12,20H2,1-7H3;8,10-13,15H,9,20H2,1-7H3;8-11,13,15H,12,20H2,1-7H3;9-11,13-14,18H,1,12,20H2,2-8H3;3*1H4;;;4*1H;1H3;;1H2;/q;;;;;;;;;;+3;;;;;;+1;;-1/p-4/b2*9-8+;10-8+,14-9+;10-8+,14-12+;10-8+,14-9+;11-10+;;;;;;;;;;;;;/t2*12-,13+,14-,17+;3*13-,15+;13-,14+,17-;;;;;;;;;;;;;/m111111............./s1. The van der Waals surface area contributed by atoms with Crippen LogP contribution >= 0.6 is 109 Å². The van der Waals surface area contributed by atoms with Crippen molar-refractivity contribution in [3.63, 3.8) is 0 Å². The molecule has 0 aliphatic carbocycles. The monoisotopic (exact) mass is 2340 g/mol. The quantitative estimate of drug-likeness (QED) is 0.00667. The molecule has 0 spiro atoms. The fraction of sp³-hybridized carbons (Fsp3) is 0.790. The van der Waals surface area contributed by atoms with Crippen molar-refractivity contribution in [3.8, 4) is 0 Å². The van der Waals surface area contributed by atoms with E-state index in [2.05, 4.69) is 435 Å². The minimum absolute atomic E-state index is 0. The number of rotatable bonds is 36. The van der Waals surface area contributed by atoms with Crippen LogP contribution in [0.5, 0.6) is 0 Å². The average Bonchev–Trinajstić information content (AvgIpc) is 1.57. The largest absolute Gasteiger partial charge is 1.00 e. The van der Waals surface area contributed by atoms with E-state index in [4.69, 9.17) is 53.5 Å². The van der Waals surface area contributed by atoms with Crippen molar-refractivity contribution in [1.82, 2.24) is 6.15 Å². The zero-order valence-electron chi connectivity index (χ0n) is 91.6. The van der Waals surface area contributed by atoms with Crippen molar-refractivity contribution < 1.29 is 129 Å². The number of epoxide rings is 2. The Hall–Kier alpha value is 3.13. The van der Waals surface area contributed by atoms with Crippen LogP contribution in [0.15, 0.2) is 121 Å². The third-order valence-electron chi connectivity index (χ3n) is 22.3. The molecule has 794 valence electrons. The van der Waals surface area contributed by atoms with Gasteiger partial charge in [0, 0.05) is 82.0 Å². The molecule has 2 heterocycles. The molecular formula is C105H211BCeCl4INNaO14P6-. The summed E-state index contributed by atoms with van der Waals surface area (Å²) in [6.07, 6.45) is 40.7. The van der Waals surface area contributed by atoms with Gasteiger partial charge in [-0.1, -0.05) is 444 Å². The van der Waals surface area contributed by atoms with E-state index in [0.29, 0.717) is 42.6 Å². The van der Waals surface area contributed by atoms with Crippen LogP contribution in [0.4, 0.5) is 0 Å². The van der Waals surface area contributed by atoms with E-state index in [0.717, 1.165) is 53.8 Å². The fourth-order valence-corrected chi connectivity index (χ4v) is 16.6. The van der Waals surface area contributed by atoms with Gasteiger partial charge in [0.25, 0.3) is 0 Å². The van der Waals surface area contributed by atoms with E-state index in [1.54, 1.807) is 12.2 Å². The molecule has 134 heavy (non-hydrogen) atoms. The van der Waals surface area contributed by atoms with Gasteiger partial charge in [-0.2, -0.15) is 0 Å². The molecule has 2 rings (SSSR count). The zero-order chi connectivity index (χ0) is 101. The third kappa shape index (κ3) is 74.1. The Kier molecular flexibility index (Phi) is 92.2. The van der Waals surface area contributed by atoms with Crippen molar-refractivity contribution >= 4 is 130 Å². The van der Waals surface area contributed by atoms with Crippen molar-refractivity contribution in [2.24, 2.45) is 100 Å². The SMILES string of the molecule is C.C.C.C=C[C@@](O)(C[C@@H](C)[C@H](/C=C/C(C)(C)C)OP)C(C)(C)C.C[C@H](/C=C(\CC=O)C(C)(C)C)[C@H](/C=C/C(C)(C)C)OP.C[C@H](C/C(=C\C=O)C(C)(C)C)[C@H](/C=C/C(C)(C)C)OP.C[C@H](C/C(=C\CO)C(C)(C)C)[C@H](/C=C/C(C)(C)C)OP.C[C@H](C[C@]1(C(C)(C)C)O[C@@H]1CI)[C@H](/C=C/C(C)(C)C)OP.C[C@H](C[C@]1(C(C)(C)C)O[C@@H]1CO)[C@H](/C=C/C(C)(C)C)OP.Cl.N.[B].[Cl][Ce]([Cl])[Cl].[H-].[Na+].[OH-]. The van der Waals surface area contributed by atoms with Crippen molar-refractivity contribution in [1.29, 1.82) is 0 Å². The maximum absolute atomic E-state index is 10.8. The summed E-state index contributed by atoms with van der Waals surface area (Å²) in [6, 6.07) is 0. The summed E-state index contributed by atoms with van der Waals surface area (Å²) in [4.78, 5) is 21.7. The Morgan fingerprint density at radius 1 is 0.463 bits per heavy atom. The first-order valence-corrected chi connectivity index (χ1v) is 61.3. The number of carbonyl (C=O) groups excluding carboxylic acids is 2. The molecule has 0 amide bonds. The number of aliphatic hydroxyl groups excluding tert-OH is 2. The molecule has 0 bridgehead atoms. The average molecular weight is 2340 g/mol. The minimum atomic E-state index is -2.24. The first-order chi connectivity index (χ1) is 56.5. The number of allylic oxidation sites excluding steroid dienone is 10. The van der Waals surface area contributed by atoms with Crippen LogP contribution in [0.1, 0.15) is 353 Å². The van der Waals surface area contributed by atoms with Crippen molar-refractivity contribution in [2.75, 3.05) is 17.6 Å². The van der Waals surface area contributed by atoms with Crippen molar-refractivity contribution in [3.05, 3.63) is 121 Å². The van der Waals surface area contributed by atoms with E-state index < -0.39 is 36.3 Å². The molecule has 2 saturated heterocycles. The molecule has 2 aliphatic heterocycles. The maximum atomic E-state index is 10.8. The number of carbonyl (C=O) groups is 2. The van der Waals surface area contributed by atoms with Gasteiger partial charge in [0.1, 0.15) is 29.9 Å². The minimum Gasteiger partial charge on any atom is -1.00 e. The summed E-state index contributed by atoms with van der Waals surface area (Å²) in [5.74, 6) is 1.83. The molecule has 15 nitrogen and oxygen atoms in total. The molecule has 6 unspecified atom stereocenters. The molecule has 23 atom stereocenters. The predicted octanol–water partition coefficient (Wildman–Crippen LogP) is 29.9. The summed E-state index contributed by atoms with van der Waals surface area (Å²) in [6.45, 7) is 95.0. The number of alkyl halides is 1. The molecule has 0 saturated carbocycles. The maximum Gasteiger partial charge on any atom is 1.00 e. The number of hydrogen-bond acceptors (Lipinski definition) is 15. The second-order valence-electron chi connectivity index (χ2n) is 47.7. The van der Waals surface area contributed by atoms with Gasteiger partial charge in [0.05, 0.1) is 61.5 Å². The van der Waals surface area contributed by atoms with E-state index >= 15 is 0 Å².